The zero-order valence-corrected chi connectivity index (χ0v) is 11.9. The summed E-state index contributed by atoms with van der Waals surface area (Å²) >= 11 is 0. The molecule has 0 saturated heterocycles. The van der Waals surface area contributed by atoms with Crippen LogP contribution in [0.1, 0.15) is 21.5 Å². The lowest BCUT2D eigenvalue weighted by Crippen LogP contribution is -2.24. The molecule has 2 aromatic rings. The van der Waals surface area contributed by atoms with E-state index in [4.69, 9.17) is 16.2 Å². The standard InChI is InChI=1S/C16H19N3O2/c1-21-10-12-5-3-2-4-11(12)9-19-16(20)14-7-6-13(17)8-15(14)18/h2-8H,9-10,17-18H2,1H3,(H,19,20). The molecule has 0 aromatic heterocycles. The topological polar surface area (TPSA) is 90.4 Å². The molecule has 5 heteroatoms. The van der Waals surface area contributed by atoms with E-state index in [0.29, 0.717) is 30.1 Å². The first-order chi connectivity index (χ1) is 10.1. The van der Waals surface area contributed by atoms with E-state index in [2.05, 4.69) is 5.32 Å². The van der Waals surface area contributed by atoms with Gasteiger partial charge in [-0.1, -0.05) is 24.3 Å². The average molecular weight is 285 g/mol. The van der Waals surface area contributed by atoms with Crippen molar-refractivity contribution in [2.75, 3.05) is 18.6 Å². The predicted molar refractivity (Wildman–Crippen MR) is 83.6 cm³/mol. The van der Waals surface area contributed by atoms with Crippen molar-refractivity contribution in [1.29, 1.82) is 0 Å². The fourth-order valence-electron chi connectivity index (χ4n) is 2.08. The molecule has 0 heterocycles. The summed E-state index contributed by atoms with van der Waals surface area (Å²) in [7, 11) is 1.64. The van der Waals surface area contributed by atoms with E-state index >= 15 is 0 Å². The number of hydrogen-bond acceptors (Lipinski definition) is 4. The van der Waals surface area contributed by atoms with Crippen molar-refractivity contribution in [3.05, 3.63) is 59.2 Å². The highest BCUT2D eigenvalue weighted by Gasteiger charge is 2.10. The maximum Gasteiger partial charge on any atom is 0.253 e. The molecule has 21 heavy (non-hydrogen) atoms. The Labute approximate surface area is 123 Å². The number of nitrogens with two attached hydrogens (primary N) is 2. The first kappa shape index (κ1) is 14.9. The van der Waals surface area contributed by atoms with Gasteiger partial charge in [0.2, 0.25) is 0 Å². The third kappa shape index (κ3) is 3.73. The number of benzene rings is 2. The fraction of sp³-hybridized carbons (Fsp3) is 0.188. The number of nitrogens with one attached hydrogen (secondary N) is 1. The number of hydrogen-bond donors (Lipinski definition) is 3. The highest BCUT2D eigenvalue weighted by Crippen LogP contribution is 2.16. The van der Waals surface area contributed by atoms with E-state index in [1.165, 1.54) is 0 Å². The minimum absolute atomic E-state index is 0.222. The number of amides is 1. The molecular formula is C16H19N3O2. The Bertz CT molecular complexity index is 641. The zero-order chi connectivity index (χ0) is 15.2. The van der Waals surface area contributed by atoms with Gasteiger partial charge >= 0.3 is 0 Å². The molecule has 0 unspecified atom stereocenters. The van der Waals surface area contributed by atoms with Crippen LogP contribution in [0.4, 0.5) is 11.4 Å². The molecule has 110 valence electrons. The summed E-state index contributed by atoms with van der Waals surface area (Å²) in [6.45, 7) is 0.929. The van der Waals surface area contributed by atoms with Crippen LogP contribution in [0, 0.1) is 0 Å². The van der Waals surface area contributed by atoms with Crippen LogP contribution in [0.15, 0.2) is 42.5 Å². The second-order valence-electron chi connectivity index (χ2n) is 4.73. The van der Waals surface area contributed by atoms with Crippen molar-refractivity contribution < 1.29 is 9.53 Å². The molecule has 0 saturated carbocycles. The summed E-state index contributed by atoms with van der Waals surface area (Å²) in [6, 6.07) is 12.7. The van der Waals surface area contributed by atoms with Crippen LogP contribution in [0.5, 0.6) is 0 Å². The summed E-state index contributed by atoms with van der Waals surface area (Å²) in [5.74, 6) is -0.222. The van der Waals surface area contributed by atoms with E-state index in [-0.39, 0.29) is 5.91 Å². The minimum atomic E-state index is -0.222. The predicted octanol–water partition coefficient (Wildman–Crippen LogP) is 1.93. The van der Waals surface area contributed by atoms with Crippen LogP contribution >= 0.6 is 0 Å². The molecule has 1 amide bonds. The number of carbonyl (C=O) groups is 1. The molecule has 0 fully saturated rings. The molecule has 5 N–H and O–H groups in total. The molecule has 2 rings (SSSR count). The van der Waals surface area contributed by atoms with Crippen molar-refractivity contribution in [2.45, 2.75) is 13.2 Å². The van der Waals surface area contributed by atoms with Crippen LogP contribution in [0.3, 0.4) is 0 Å². The van der Waals surface area contributed by atoms with Gasteiger partial charge in [-0.3, -0.25) is 4.79 Å². The summed E-state index contributed by atoms with van der Waals surface area (Å²) < 4.78 is 5.15. The molecule has 5 nitrogen and oxygen atoms in total. The lowest BCUT2D eigenvalue weighted by Gasteiger charge is -2.11. The molecule has 0 spiro atoms. The van der Waals surface area contributed by atoms with Crippen molar-refractivity contribution in [2.24, 2.45) is 0 Å². The summed E-state index contributed by atoms with van der Waals surface area (Å²) in [6.07, 6.45) is 0. The van der Waals surface area contributed by atoms with Gasteiger partial charge < -0.3 is 21.5 Å². The third-order valence-electron chi connectivity index (χ3n) is 3.18. The van der Waals surface area contributed by atoms with Gasteiger partial charge in [0, 0.05) is 25.0 Å². The molecule has 2 aromatic carbocycles. The Morgan fingerprint density at radius 3 is 2.52 bits per heavy atom. The van der Waals surface area contributed by atoms with E-state index in [1.54, 1.807) is 25.3 Å². The highest BCUT2D eigenvalue weighted by atomic mass is 16.5. The SMILES string of the molecule is COCc1ccccc1CNC(=O)c1ccc(N)cc1N. The van der Waals surface area contributed by atoms with Crippen LogP contribution in [-0.4, -0.2) is 13.0 Å². The van der Waals surface area contributed by atoms with Gasteiger partial charge in [0.05, 0.1) is 12.2 Å². The number of nitrogen functional groups attached to an aromatic ring is 2. The number of anilines is 2. The summed E-state index contributed by atoms with van der Waals surface area (Å²) in [5.41, 5.74) is 14.8. The molecule has 0 aliphatic heterocycles. The van der Waals surface area contributed by atoms with Gasteiger partial charge in [0.25, 0.3) is 5.91 Å². The van der Waals surface area contributed by atoms with Gasteiger partial charge in [-0.05, 0) is 29.3 Å². The van der Waals surface area contributed by atoms with Gasteiger partial charge in [-0.15, -0.1) is 0 Å². The number of rotatable bonds is 5. The molecule has 0 radical (unpaired) electrons. The number of ether oxygens (including phenoxy) is 1. The van der Waals surface area contributed by atoms with E-state index in [9.17, 15) is 4.79 Å². The molecule has 0 bridgehead atoms. The Kier molecular flexibility index (Phi) is 4.79. The molecule has 0 atom stereocenters. The zero-order valence-electron chi connectivity index (χ0n) is 11.9. The van der Waals surface area contributed by atoms with Crippen molar-refractivity contribution in [3.8, 4) is 0 Å². The first-order valence-corrected chi connectivity index (χ1v) is 6.60. The van der Waals surface area contributed by atoms with Crippen LogP contribution in [0.25, 0.3) is 0 Å². The number of carbonyl (C=O) groups excluding carboxylic acids is 1. The van der Waals surface area contributed by atoms with Gasteiger partial charge in [0.1, 0.15) is 0 Å². The Morgan fingerprint density at radius 2 is 1.86 bits per heavy atom. The van der Waals surface area contributed by atoms with Crippen molar-refractivity contribution >= 4 is 17.3 Å². The maximum atomic E-state index is 12.2. The van der Waals surface area contributed by atoms with Crippen LogP contribution < -0.4 is 16.8 Å². The van der Waals surface area contributed by atoms with Gasteiger partial charge in [-0.2, -0.15) is 0 Å². The normalized spacial score (nSPS) is 10.3. The lowest BCUT2D eigenvalue weighted by molar-refractivity contribution is 0.0951. The maximum absolute atomic E-state index is 12.2. The van der Waals surface area contributed by atoms with E-state index in [0.717, 1.165) is 11.1 Å². The Hall–Kier alpha value is -2.53. The second kappa shape index (κ2) is 6.76. The quantitative estimate of drug-likeness (QED) is 0.732. The van der Waals surface area contributed by atoms with Gasteiger partial charge in [-0.25, -0.2) is 0 Å². The third-order valence-corrected chi connectivity index (χ3v) is 3.18. The smallest absolute Gasteiger partial charge is 0.253 e. The average Bonchev–Trinajstić information content (AvgIpc) is 2.46. The van der Waals surface area contributed by atoms with Crippen molar-refractivity contribution in [3.63, 3.8) is 0 Å². The first-order valence-electron chi connectivity index (χ1n) is 6.60. The second-order valence-corrected chi connectivity index (χ2v) is 4.73. The van der Waals surface area contributed by atoms with Crippen LogP contribution in [-0.2, 0) is 17.9 Å². The Balaban J connectivity index is 2.07. The monoisotopic (exact) mass is 285 g/mol. The summed E-state index contributed by atoms with van der Waals surface area (Å²) in [4.78, 5) is 12.2. The van der Waals surface area contributed by atoms with Crippen molar-refractivity contribution in [1.82, 2.24) is 5.32 Å². The molecular weight excluding hydrogens is 266 g/mol. The highest BCUT2D eigenvalue weighted by molar-refractivity contribution is 5.99. The lowest BCUT2D eigenvalue weighted by atomic mass is 10.1. The largest absolute Gasteiger partial charge is 0.399 e. The molecule has 0 aliphatic rings. The van der Waals surface area contributed by atoms with E-state index < -0.39 is 0 Å². The van der Waals surface area contributed by atoms with Crippen LogP contribution in [0.2, 0.25) is 0 Å². The molecule has 0 aliphatic carbocycles. The Morgan fingerprint density at radius 1 is 1.14 bits per heavy atom. The number of methoxy groups -OCH3 is 1. The van der Waals surface area contributed by atoms with Gasteiger partial charge in [0.15, 0.2) is 0 Å². The minimum Gasteiger partial charge on any atom is -0.399 e. The fourth-order valence-corrected chi connectivity index (χ4v) is 2.08. The van der Waals surface area contributed by atoms with E-state index in [1.807, 2.05) is 24.3 Å². The summed E-state index contributed by atoms with van der Waals surface area (Å²) in [5, 5.41) is 2.86.